The number of urea groups is 1. The minimum absolute atomic E-state index is 0.0942. The summed E-state index contributed by atoms with van der Waals surface area (Å²) >= 11 is 6.03. The van der Waals surface area contributed by atoms with Crippen LogP contribution in [0.2, 0.25) is 5.02 Å². The molecule has 2 rings (SSSR count). The van der Waals surface area contributed by atoms with E-state index in [2.05, 4.69) is 5.32 Å². The number of hydrogen-bond donors (Lipinski definition) is 2. The quantitative estimate of drug-likeness (QED) is 0.850. The first-order chi connectivity index (χ1) is 11.3. The summed E-state index contributed by atoms with van der Waals surface area (Å²) < 4.78 is 5.60. The van der Waals surface area contributed by atoms with Crippen molar-refractivity contribution in [2.75, 3.05) is 18.9 Å². The molecule has 1 aromatic heterocycles. The second-order valence-corrected chi connectivity index (χ2v) is 6.09. The lowest BCUT2D eigenvalue weighted by atomic mass is 10.1. The van der Waals surface area contributed by atoms with Gasteiger partial charge >= 0.3 is 12.0 Å². The van der Waals surface area contributed by atoms with Crippen LogP contribution in [0.4, 0.5) is 10.5 Å². The summed E-state index contributed by atoms with van der Waals surface area (Å²) in [5, 5.41) is 12.2. The highest BCUT2D eigenvalue weighted by molar-refractivity contribution is 6.31. The van der Waals surface area contributed by atoms with Gasteiger partial charge < -0.3 is 19.7 Å². The number of aryl methyl sites for hydroxylation is 1. The molecule has 0 aliphatic carbocycles. The minimum atomic E-state index is -0.954. The molecule has 1 atom stereocenters. The zero-order valence-electron chi connectivity index (χ0n) is 13.7. The number of rotatable bonds is 5. The summed E-state index contributed by atoms with van der Waals surface area (Å²) in [4.78, 5) is 24.5. The Kier molecular flexibility index (Phi) is 5.51. The molecule has 24 heavy (non-hydrogen) atoms. The Morgan fingerprint density at radius 1 is 1.33 bits per heavy atom. The Morgan fingerprint density at radius 2 is 2.04 bits per heavy atom. The van der Waals surface area contributed by atoms with Gasteiger partial charge in [-0.3, -0.25) is 4.79 Å². The van der Waals surface area contributed by atoms with Crippen LogP contribution in [0.5, 0.6) is 0 Å². The lowest BCUT2D eigenvalue weighted by Crippen LogP contribution is -2.36. The van der Waals surface area contributed by atoms with Gasteiger partial charge in [0.1, 0.15) is 11.5 Å². The summed E-state index contributed by atoms with van der Waals surface area (Å²) in [5.41, 5.74) is 1.19. The van der Waals surface area contributed by atoms with Gasteiger partial charge in [0.15, 0.2) is 0 Å². The summed E-state index contributed by atoms with van der Waals surface area (Å²) in [7, 11) is 1.54. The Morgan fingerprint density at radius 3 is 2.62 bits per heavy atom. The van der Waals surface area contributed by atoms with Crippen molar-refractivity contribution < 1.29 is 19.1 Å². The first-order valence-electron chi connectivity index (χ1n) is 7.39. The van der Waals surface area contributed by atoms with E-state index in [9.17, 15) is 9.59 Å². The Labute approximate surface area is 145 Å². The van der Waals surface area contributed by atoms with Crippen molar-refractivity contribution in [3.8, 4) is 11.3 Å². The maximum atomic E-state index is 12.3. The fraction of sp³-hybridized carbons (Fsp3) is 0.294. The van der Waals surface area contributed by atoms with Gasteiger partial charge in [-0.15, -0.1) is 0 Å². The number of carbonyl (C=O) groups is 2. The van der Waals surface area contributed by atoms with Crippen LogP contribution < -0.4 is 5.32 Å². The van der Waals surface area contributed by atoms with Crippen LogP contribution in [0.15, 0.2) is 34.7 Å². The molecule has 7 heteroatoms. The van der Waals surface area contributed by atoms with Crippen LogP contribution in [0.25, 0.3) is 11.3 Å². The van der Waals surface area contributed by atoms with Gasteiger partial charge in [0.2, 0.25) is 0 Å². The van der Waals surface area contributed by atoms with Crippen LogP contribution >= 0.6 is 11.6 Å². The third kappa shape index (κ3) is 4.29. The summed E-state index contributed by atoms with van der Waals surface area (Å²) in [6.45, 7) is 3.47. The molecule has 0 aliphatic heterocycles. The van der Waals surface area contributed by atoms with Crippen LogP contribution in [-0.2, 0) is 4.79 Å². The number of halogens is 1. The maximum Gasteiger partial charge on any atom is 0.321 e. The van der Waals surface area contributed by atoms with Crippen molar-refractivity contribution in [1.82, 2.24) is 4.90 Å². The van der Waals surface area contributed by atoms with Gasteiger partial charge in [-0.25, -0.2) is 4.79 Å². The van der Waals surface area contributed by atoms with E-state index < -0.39 is 17.9 Å². The molecule has 2 aromatic rings. The monoisotopic (exact) mass is 350 g/mol. The standard InChI is InChI=1S/C17H19ClN2O4/c1-10(16(21)22)9-20(3)17(23)19-14-8-12(18)5-6-13(14)15-7-4-11(2)24-15/h4-8,10H,9H2,1-3H3,(H,19,23)(H,21,22). The second kappa shape index (κ2) is 7.40. The van der Waals surface area contributed by atoms with Crippen molar-refractivity contribution in [2.24, 2.45) is 5.92 Å². The highest BCUT2D eigenvalue weighted by Crippen LogP contribution is 2.32. The SMILES string of the molecule is Cc1ccc(-c2ccc(Cl)cc2NC(=O)N(C)CC(C)C(=O)O)o1. The molecule has 128 valence electrons. The molecule has 2 amide bonds. The third-order valence-electron chi connectivity index (χ3n) is 3.55. The molecule has 1 heterocycles. The van der Waals surface area contributed by atoms with Gasteiger partial charge in [-0.1, -0.05) is 18.5 Å². The van der Waals surface area contributed by atoms with E-state index in [0.717, 1.165) is 5.76 Å². The first-order valence-corrected chi connectivity index (χ1v) is 7.77. The van der Waals surface area contributed by atoms with Gasteiger partial charge in [0.25, 0.3) is 0 Å². The van der Waals surface area contributed by atoms with Crippen LogP contribution in [0.3, 0.4) is 0 Å². The number of aliphatic carboxylic acids is 1. The lowest BCUT2D eigenvalue weighted by molar-refractivity contribution is -0.141. The molecule has 1 unspecified atom stereocenters. The van der Waals surface area contributed by atoms with Crippen molar-refractivity contribution in [1.29, 1.82) is 0 Å². The van der Waals surface area contributed by atoms with Crippen molar-refractivity contribution in [3.63, 3.8) is 0 Å². The van der Waals surface area contributed by atoms with E-state index in [-0.39, 0.29) is 6.54 Å². The molecule has 6 nitrogen and oxygen atoms in total. The van der Waals surface area contributed by atoms with Gasteiger partial charge in [-0.05, 0) is 37.3 Å². The van der Waals surface area contributed by atoms with E-state index in [1.807, 2.05) is 19.1 Å². The van der Waals surface area contributed by atoms with Gasteiger partial charge in [0.05, 0.1) is 11.6 Å². The van der Waals surface area contributed by atoms with E-state index in [1.54, 1.807) is 25.1 Å². The molecule has 0 fully saturated rings. The number of carboxylic acids is 1. The number of nitrogens with zero attached hydrogens (tertiary/aromatic N) is 1. The van der Waals surface area contributed by atoms with Crippen LogP contribution in [0, 0.1) is 12.8 Å². The number of carbonyl (C=O) groups excluding carboxylic acids is 1. The molecule has 0 saturated carbocycles. The fourth-order valence-electron chi connectivity index (χ4n) is 2.20. The Bertz CT molecular complexity index is 757. The summed E-state index contributed by atoms with van der Waals surface area (Å²) in [5.74, 6) is -0.248. The fourth-order valence-corrected chi connectivity index (χ4v) is 2.37. The number of hydrogen-bond acceptors (Lipinski definition) is 3. The molecule has 0 saturated heterocycles. The average Bonchev–Trinajstić information content (AvgIpc) is 2.93. The first kappa shape index (κ1) is 17.9. The highest BCUT2D eigenvalue weighted by atomic mass is 35.5. The van der Waals surface area contributed by atoms with Crippen molar-refractivity contribution in [3.05, 3.63) is 41.1 Å². The molecular weight excluding hydrogens is 332 g/mol. The predicted molar refractivity (Wildman–Crippen MR) is 92.3 cm³/mol. The largest absolute Gasteiger partial charge is 0.481 e. The molecular formula is C17H19ClN2O4. The predicted octanol–water partition coefficient (Wildman–Crippen LogP) is 4.09. The molecule has 0 bridgehead atoms. The smallest absolute Gasteiger partial charge is 0.321 e. The molecule has 0 spiro atoms. The highest BCUT2D eigenvalue weighted by Gasteiger charge is 2.19. The molecule has 1 aromatic carbocycles. The number of anilines is 1. The summed E-state index contributed by atoms with van der Waals surface area (Å²) in [6.07, 6.45) is 0. The average molecular weight is 351 g/mol. The topological polar surface area (TPSA) is 82.8 Å². The maximum absolute atomic E-state index is 12.3. The van der Waals surface area contributed by atoms with Crippen LogP contribution in [-0.4, -0.2) is 35.6 Å². The number of amides is 2. The third-order valence-corrected chi connectivity index (χ3v) is 3.78. The van der Waals surface area contributed by atoms with E-state index in [4.69, 9.17) is 21.1 Å². The molecule has 0 radical (unpaired) electrons. The van der Waals surface area contributed by atoms with E-state index >= 15 is 0 Å². The number of carboxylic acid groups (broad SMARTS) is 1. The molecule has 0 aliphatic rings. The zero-order valence-corrected chi connectivity index (χ0v) is 14.4. The van der Waals surface area contributed by atoms with Crippen LogP contribution in [0.1, 0.15) is 12.7 Å². The lowest BCUT2D eigenvalue weighted by Gasteiger charge is -2.21. The van der Waals surface area contributed by atoms with E-state index in [1.165, 1.54) is 11.9 Å². The normalized spacial score (nSPS) is 11.8. The van der Waals surface area contributed by atoms with Gasteiger partial charge in [-0.2, -0.15) is 0 Å². The Hall–Kier alpha value is -2.47. The number of furan rings is 1. The zero-order chi connectivity index (χ0) is 17.9. The Balaban J connectivity index is 2.21. The van der Waals surface area contributed by atoms with Crippen molar-refractivity contribution in [2.45, 2.75) is 13.8 Å². The number of benzene rings is 1. The second-order valence-electron chi connectivity index (χ2n) is 5.65. The summed E-state index contributed by atoms with van der Waals surface area (Å²) in [6, 6.07) is 8.31. The minimum Gasteiger partial charge on any atom is -0.481 e. The molecule has 2 N–H and O–H groups in total. The number of nitrogens with one attached hydrogen (secondary N) is 1. The van der Waals surface area contributed by atoms with Crippen molar-refractivity contribution >= 4 is 29.3 Å². The van der Waals surface area contributed by atoms with Gasteiger partial charge in [0, 0.05) is 24.2 Å². The van der Waals surface area contributed by atoms with E-state index in [0.29, 0.717) is 22.0 Å².